The maximum Gasteiger partial charge on any atom is 0.142 e. The minimum atomic E-state index is 0.198. The van der Waals surface area contributed by atoms with E-state index in [1.54, 1.807) is 7.11 Å². The molecule has 0 radical (unpaired) electrons. The van der Waals surface area contributed by atoms with Gasteiger partial charge in [-0.3, -0.25) is 0 Å². The molecular weight excluding hydrogens is 246 g/mol. The Hall–Kier alpha value is -0.740. The summed E-state index contributed by atoms with van der Waals surface area (Å²) >= 11 is 3.39. The number of anilines is 1. The van der Waals surface area contributed by atoms with E-state index in [0.29, 0.717) is 0 Å². The third-order valence-corrected chi connectivity index (χ3v) is 2.31. The number of aliphatic hydroxyl groups is 1. The third kappa shape index (κ3) is 3.20. The molecule has 0 saturated carbocycles. The zero-order valence-corrected chi connectivity index (χ0v) is 9.67. The minimum Gasteiger partial charge on any atom is -0.495 e. The number of benzene rings is 1. The lowest BCUT2D eigenvalue weighted by Gasteiger charge is -2.10. The summed E-state index contributed by atoms with van der Waals surface area (Å²) in [6.07, 6.45) is 0.732. The van der Waals surface area contributed by atoms with Gasteiger partial charge < -0.3 is 15.2 Å². The SMILES string of the molecule is COc1ccc(Br)cc1NCCCO. The first-order valence-electron chi connectivity index (χ1n) is 4.46. The van der Waals surface area contributed by atoms with E-state index in [2.05, 4.69) is 21.2 Å². The molecule has 3 nitrogen and oxygen atoms in total. The second-order valence-electron chi connectivity index (χ2n) is 2.85. The van der Waals surface area contributed by atoms with Crippen molar-refractivity contribution >= 4 is 21.6 Å². The first-order valence-corrected chi connectivity index (χ1v) is 5.25. The molecule has 0 unspecified atom stereocenters. The van der Waals surface area contributed by atoms with Gasteiger partial charge in [0.2, 0.25) is 0 Å². The van der Waals surface area contributed by atoms with Crippen LogP contribution in [0.2, 0.25) is 0 Å². The van der Waals surface area contributed by atoms with Crippen LogP contribution in [-0.2, 0) is 0 Å². The van der Waals surface area contributed by atoms with Crippen LogP contribution in [0.5, 0.6) is 5.75 Å². The number of methoxy groups -OCH3 is 1. The number of rotatable bonds is 5. The number of hydrogen-bond donors (Lipinski definition) is 2. The molecule has 0 spiro atoms. The van der Waals surface area contributed by atoms with E-state index >= 15 is 0 Å². The zero-order chi connectivity index (χ0) is 10.4. The van der Waals surface area contributed by atoms with Crippen molar-refractivity contribution in [3.05, 3.63) is 22.7 Å². The molecule has 0 aliphatic rings. The summed E-state index contributed by atoms with van der Waals surface area (Å²) in [4.78, 5) is 0. The first kappa shape index (κ1) is 11.3. The summed E-state index contributed by atoms with van der Waals surface area (Å²) in [7, 11) is 1.64. The molecular formula is C10H14BrNO2. The van der Waals surface area contributed by atoms with Crippen molar-refractivity contribution in [2.45, 2.75) is 6.42 Å². The normalized spacial score (nSPS) is 9.93. The topological polar surface area (TPSA) is 41.5 Å². The smallest absolute Gasteiger partial charge is 0.142 e. The van der Waals surface area contributed by atoms with Crippen LogP contribution in [0, 0.1) is 0 Å². The van der Waals surface area contributed by atoms with Crippen molar-refractivity contribution in [2.75, 3.05) is 25.6 Å². The fraction of sp³-hybridized carbons (Fsp3) is 0.400. The molecule has 0 bridgehead atoms. The van der Waals surface area contributed by atoms with Crippen LogP contribution in [0.1, 0.15) is 6.42 Å². The molecule has 0 amide bonds. The highest BCUT2D eigenvalue weighted by atomic mass is 79.9. The molecule has 0 fully saturated rings. The lowest BCUT2D eigenvalue weighted by atomic mass is 10.3. The van der Waals surface area contributed by atoms with E-state index in [0.717, 1.165) is 28.9 Å². The van der Waals surface area contributed by atoms with E-state index in [9.17, 15) is 0 Å². The molecule has 0 saturated heterocycles. The van der Waals surface area contributed by atoms with Crippen LogP contribution in [0.25, 0.3) is 0 Å². The molecule has 0 aromatic heterocycles. The van der Waals surface area contributed by atoms with Gasteiger partial charge >= 0.3 is 0 Å². The van der Waals surface area contributed by atoms with Gasteiger partial charge in [-0.1, -0.05) is 15.9 Å². The predicted octanol–water partition coefficient (Wildman–Crippen LogP) is 2.25. The van der Waals surface area contributed by atoms with Gasteiger partial charge in [-0.05, 0) is 24.6 Å². The van der Waals surface area contributed by atoms with Crippen LogP contribution >= 0.6 is 15.9 Å². The summed E-state index contributed by atoms with van der Waals surface area (Å²) < 4.78 is 6.19. The van der Waals surface area contributed by atoms with Crippen LogP contribution < -0.4 is 10.1 Å². The number of aliphatic hydroxyl groups excluding tert-OH is 1. The Labute approximate surface area is 92.2 Å². The molecule has 1 aromatic rings. The van der Waals surface area contributed by atoms with Gasteiger partial charge in [-0.15, -0.1) is 0 Å². The largest absolute Gasteiger partial charge is 0.495 e. The van der Waals surface area contributed by atoms with Gasteiger partial charge in [0.1, 0.15) is 5.75 Å². The molecule has 0 aliphatic carbocycles. The maximum absolute atomic E-state index is 8.64. The monoisotopic (exact) mass is 259 g/mol. The molecule has 0 atom stereocenters. The van der Waals surface area contributed by atoms with Gasteiger partial charge in [-0.2, -0.15) is 0 Å². The summed E-state index contributed by atoms with van der Waals surface area (Å²) in [6, 6.07) is 5.78. The Morgan fingerprint density at radius 1 is 1.50 bits per heavy atom. The number of hydrogen-bond acceptors (Lipinski definition) is 3. The molecule has 1 rings (SSSR count). The van der Waals surface area contributed by atoms with E-state index in [1.165, 1.54) is 0 Å². The third-order valence-electron chi connectivity index (χ3n) is 1.81. The summed E-state index contributed by atoms with van der Waals surface area (Å²) in [5.74, 6) is 0.811. The average Bonchev–Trinajstić information content (AvgIpc) is 2.19. The second kappa shape index (κ2) is 5.88. The molecule has 0 aliphatic heterocycles. The highest BCUT2D eigenvalue weighted by Crippen LogP contribution is 2.27. The van der Waals surface area contributed by atoms with E-state index < -0.39 is 0 Å². The van der Waals surface area contributed by atoms with Crippen molar-refractivity contribution in [1.29, 1.82) is 0 Å². The molecule has 4 heteroatoms. The Morgan fingerprint density at radius 3 is 2.93 bits per heavy atom. The fourth-order valence-electron chi connectivity index (χ4n) is 1.12. The quantitative estimate of drug-likeness (QED) is 0.798. The Balaban J connectivity index is 2.67. The molecule has 2 N–H and O–H groups in total. The van der Waals surface area contributed by atoms with Crippen LogP contribution in [0.4, 0.5) is 5.69 Å². The average molecular weight is 260 g/mol. The van der Waals surface area contributed by atoms with Crippen molar-refractivity contribution < 1.29 is 9.84 Å². The molecule has 78 valence electrons. The van der Waals surface area contributed by atoms with E-state index in [1.807, 2.05) is 18.2 Å². The zero-order valence-electron chi connectivity index (χ0n) is 8.09. The van der Waals surface area contributed by atoms with Gasteiger partial charge in [-0.25, -0.2) is 0 Å². The van der Waals surface area contributed by atoms with Gasteiger partial charge in [0.15, 0.2) is 0 Å². The Morgan fingerprint density at radius 2 is 2.29 bits per heavy atom. The minimum absolute atomic E-state index is 0.198. The van der Waals surface area contributed by atoms with Crippen LogP contribution in [0.15, 0.2) is 22.7 Å². The Kier molecular flexibility index (Phi) is 4.76. The lowest BCUT2D eigenvalue weighted by molar-refractivity contribution is 0.292. The number of halogens is 1. The van der Waals surface area contributed by atoms with Gasteiger partial charge in [0.25, 0.3) is 0 Å². The molecule has 0 heterocycles. The number of ether oxygens (including phenoxy) is 1. The van der Waals surface area contributed by atoms with Crippen LogP contribution in [-0.4, -0.2) is 25.4 Å². The van der Waals surface area contributed by atoms with Crippen molar-refractivity contribution in [3.63, 3.8) is 0 Å². The van der Waals surface area contributed by atoms with Gasteiger partial charge in [0, 0.05) is 17.6 Å². The number of nitrogens with one attached hydrogen (secondary N) is 1. The summed E-state index contributed by atoms with van der Waals surface area (Å²) in [5.41, 5.74) is 0.940. The van der Waals surface area contributed by atoms with E-state index in [-0.39, 0.29) is 6.61 Å². The van der Waals surface area contributed by atoms with Crippen molar-refractivity contribution in [2.24, 2.45) is 0 Å². The lowest BCUT2D eigenvalue weighted by Crippen LogP contribution is -2.04. The second-order valence-corrected chi connectivity index (χ2v) is 3.76. The van der Waals surface area contributed by atoms with Crippen molar-refractivity contribution in [1.82, 2.24) is 0 Å². The van der Waals surface area contributed by atoms with Gasteiger partial charge in [0.05, 0.1) is 12.8 Å². The summed E-state index contributed by atoms with van der Waals surface area (Å²) in [6.45, 7) is 0.937. The maximum atomic E-state index is 8.64. The van der Waals surface area contributed by atoms with E-state index in [4.69, 9.17) is 9.84 Å². The predicted molar refractivity (Wildman–Crippen MR) is 60.9 cm³/mol. The Bertz CT molecular complexity index is 291. The standard InChI is InChI=1S/C10H14BrNO2/c1-14-10-4-3-8(11)7-9(10)12-5-2-6-13/h3-4,7,12-13H,2,5-6H2,1H3. The van der Waals surface area contributed by atoms with Crippen molar-refractivity contribution in [3.8, 4) is 5.75 Å². The van der Waals surface area contributed by atoms with Crippen LogP contribution in [0.3, 0.4) is 0 Å². The molecule has 1 aromatic carbocycles. The highest BCUT2D eigenvalue weighted by molar-refractivity contribution is 9.10. The fourth-order valence-corrected chi connectivity index (χ4v) is 1.48. The summed E-state index contributed by atoms with van der Waals surface area (Å²) in [5, 5.41) is 11.8. The molecule has 14 heavy (non-hydrogen) atoms. The highest BCUT2D eigenvalue weighted by Gasteiger charge is 2.01. The first-order chi connectivity index (χ1) is 6.77.